The second-order valence-corrected chi connectivity index (χ2v) is 8.41. The summed E-state index contributed by atoms with van der Waals surface area (Å²) in [6.45, 7) is 3.98. The minimum atomic E-state index is 0.0859. The monoisotopic (exact) mass is 419 g/mol. The minimum absolute atomic E-state index is 0.0859. The number of carbonyl (C=O) groups is 1. The Labute approximate surface area is 187 Å². The fourth-order valence-corrected chi connectivity index (χ4v) is 4.11. The van der Waals surface area contributed by atoms with E-state index in [1.807, 2.05) is 30.3 Å². The Morgan fingerprint density at radius 2 is 1.58 bits per heavy atom. The molecular weight excluding hydrogens is 382 g/mol. The first-order chi connectivity index (χ1) is 15.3. The van der Waals surface area contributed by atoms with Gasteiger partial charge in [-0.2, -0.15) is 0 Å². The van der Waals surface area contributed by atoms with Crippen molar-refractivity contribution >= 4 is 16.9 Å². The summed E-state index contributed by atoms with van der Waals surface area (Å²) in [6, 6.07) is 18.3. The lowest BCUT2D eigenvalue weighted by Gasteiger charge is -2.10. The SMILES string of the molecule is CCCCCCCCCn1c(CCCNC(=O)Cc2ccccc2)nc2ccccc21. The molecule has 1 aromatic heterocycles. The molecule has 4 heteroatoms. The predicted molar refractivity (Wildman–Crippen MR) is 129 cm³/mol. The number of para-hydroxylation sites is 2. The number of imidazole rings is 1. The maximum Gasteiger partial charge on any atom is 0.224 e. The van der Waals surface area contributed by atoms with E-state index in [1.54, 1.807) is 0 Å². The fourth-order valence-electron chi connectivity index (χ4n) is 4.11. The van der Waals surface area contributed by atoms with Crippen LogP contribution in [-0.2, 0) is 24.2 Å². The summed E-state index contributed by atoms with van der Waals surface area (Å²) in [7, 11) is 0. The van der Waals surface area contributed by atoms with Crippen molar-refractivity contribution in [1.82, 2.24) is 14.9 Å². The Morgan fingerprint density at radius 3 is 2.39 bits per heavy atom. The highest BCUT2D eigenvalue weighted by molar-refractivity contribution is 5.78. The second-order valence-electron chi connectivity index (χ2n) is 8.41. The van der Waals surface area contributed by atoms with E-state index < -0.39 is 0 Å². The van der Waals surface area contributed by atoms with Gasteiger partial charge >= 0.3 is 0 Å². The molecule has 0 aliphatic carbocycles. The van der Waals surface area contributed by atoms with Crippen LogP contribution in [0.3, 0.4) is 0 Å². The van der Waals surface area contributed by atoms with Crippen molar-refractivity contribution in [3.63, 3.8) is 0 Å². The molecule has 1 amide bonds. The number of aromatic nitrogens is 2. The van der Waals surface area contributed by atoms with E-state index in [1.165, 1.54) is 50.5 Å². The van der Waals surface area contributed by atoms with E-state index in [4.69, 9.17) is 4.98 Å². The highest BCUT2D eigenvalue weighted by atomic mass is 16.1. The quantitative estimate of drug-likeness (QED) is 0.322. The van der Waals surface area contributed by atoms with Gasteiger partial charge in [-0.3, -0.25) is 4.79 Å². The lowest BCUT2D eigenvalue weighted by atomic mass is 10.1. The lowest BCUT2D eigenvalue weighted by Crippen LogP contribution is -2.26. The van der Waals surface area contributed by atoms with Gasteiger partial charge in [-0.1, -0.05) is 87.9 Å². The third kappa shape index (κ3) is 7.54. The molecule has 0 fully saturated rings. The molecule has 0 saturated carbocycles. The highest BCUT2D eigenvalue weighted by Crippen LogP contribution is 2.19. The summed E-state index contributed by atoms with van der Waals surface area (Å²) >= 11 is 0. The van der Waals surface area contributed by atoms with Crippen LogP contribution in [0.5, 0.6) is 0 Å². The number of benzene rings is 2. The zero-order chi connectivity index (χ0) is 21.7. The zero-order valence-electron chi connectivity index (χ0n) is 19.0. The molecule has 0 unspecified atom stereocenters. The van der Waals surface area contributed by atoms with Gasteiger partial charge in [0.15, 0.2) is 0 Å². The Kier molecular flexibility index (Phi) is 9.62. The molecule has 2 aromatic carbocycles. The van der Waals surface area contributed by atoms with Crippen LogP contribution in [0.15, 0.2) is 54.6 Å². The molecule has 3 rings (SSSR count). The second kappa shape index (κ2) is 12.9. The van der Waals surface area contributed by atoms with Gasteiger partial charge in [0.2, 0.25) is 5.91 Å². The summed E-state index contributed by atoms with van der Waals surface area (Å²) in [5.74, 6) is 1.23. The van der Waals surface area contributed by atoms with Crippen LogP contribution in [0.1, 0.15) is 69.7 Å². The van der Waals surface area contributed by atoms with Crippen molar-refractivity contribution in [3.8, 4) is 0 Å². The molecule has 3 aromatic rings. The van der Waals surface area contributed by atoms with Crippen LogP contribution < -0.4 is 5.32 Å². The number of rotatable bonds is 14. The third-order valence-electron chi connectivity index (χ3n) is 5.83. The van der Waals surface area contributed by atoms with Gasteiger partial charge in [-0.05, 0) is 30.5 Å². The van der Waals surface area contributed by atoms with Crippen molar-refractivity contribution in [2.24, 2.45) is 0 Å². The summed E-state index contributed by atoms with van der Waals surface area (Å²) < 4.78 is 2.40. The summed E-state index contributed by atoms with van der Waals surface area (Å²) in [5.41, 5.74) is 3.36. The number of hydrogen-bond donors (Lipinski definition) is 1. The predicted octanol–water partition coefficient (Wildman–Crippen LogP) is 6.08. The topological polar surface area (TPSA) is 46.9 Å². The molecule has 0 aliphatic rings. The minimum Gasteiger partial charge on any atom is -0.356 e. The standard InChI is InChI=1S/C27H37N3O/c1-2-3-4-5-6-7-13-21-30-25-18-12-11-17-24(25)29-26(30)19-14-20-28-27(31)22-23-15-9-8-10-16-23/h8-12,15-18H,2-7,13-14,19-22H2,1H3,(H,28,31). The van der Waals surface area contributed by atoms with Gasteiger partial charge in [0.25, 0.3) is 0 Å². The number of unbranched alkanes of at least 4 members (excludes halogenated alkanes) is 6. The number of nitrogens with zero attached hydrogens (tertiary/aromatic N) is 2. The van der Waals surface area contributed by atoms with Crippen molar-refractivity contribution in [1.29, 1.82) is 0 Å². The number of amides is 1. The number of hydrogen-bond acceptors (Lipinski definition) is 2. The molecule has 1 heterocycles. The molecule has 31 heavy (non-hydrogen) atoms. The molecule has 0 saturated heterocycles. The van der Waals surface area contributed by atoms with Crippen LogP contribution in [0.4, 0.5) is 0 Å². The number of carbonyl (C=O) groups excluding carboxylic acids is 1. The van der Waals surface area contributed by atoms with Crippen LogP contribution in [-0.4, -0.2) is 22.0 Å². The van der Waals surface area contributed by atoms with E-state index in [9.17, 15) is 4.79 Å². The normalized spacial score (nSPS) is 11.1. The van der Waals surface area contributed by atoms with Crippen LogP contribution in [0, 0.1) is 0 Å². The van der Waals surface area contributed by atoms with Crippen LogP contribution in [0.2, 0.25) is 0 Å². The Hall–Kier alpha value is -2.62. The van der Waals surface area contributed by atoms with E-state index in [0.717, 1.165) is 36.3 Å². The number of fused-ring (bicyclic) bond motifs is 1. The van der Waals surface area contributed by atoms with Gasteiger partial charge in [0.1, 0.15) is 5.82 Å². The smallest absolute Gasteiger partial charge is 0.224 e. The summed E-state index contributed by atoms with van der Waals surface area (Å²) in [6.07, 6.45) is 11.4. The Morgan fingerprint density at radius 1 is 0.871 bits per heavy atom. The van der Waals surface area contributed by atoms with Crippen molar-refractivity contribution < 1.29 is 4.79 Å². The Balaban J connectivity index is 1.46. The lowest BCUT2D eigenvalue weighted by molar-refractivity contribution is -0.120. The molecule has 0 atom stereocenters. The van der Waals surface area contributed by atoms with E-state index in [2.05, 4.69) is 41.1 Å². The Bertz CT molecular complexity index is 917. The van der Waals surface area contributed by atoms with Gasteiger partial charge in [0.05, 0.1) is 17.5 Å². The van der Waals surface area contributed by atoms with E-state index >= 15 is 0 Å². The zero-order valence-corrected chi connectivity index (χ0v) is 19.0. The van der Waals surface area contributed by atoms with Gasteiger partial charge in [-0.15, -0.1) is 0 Å². The van der Waals surface area contributed by atoms with Crippen molar-refractivity contribution in [2.45, 2.75) is 77.7 Å². The molecule has 4 nitrogen and oxygen atoms in total. The maximum absolute atomic E-state index is 12.2. The average Bonchev–Trinajstić information content (AvgIpc) is 3.14. The average molecular weight is 420 g/mol. The molecule has 0 aliphatic heterocycles. The molecule has 0 spiro atoms. The van der Waals surface area contributed by atoms with Gasteiger partial charge in [0, 0.05) is 19.5 Å². The first kappa shape index (κ1) is 23.1. The third-order valence-corrected chi connectivity index (χ3v) is 5.83. The number of aryl methyl sites for hydroxylation is 2. The van der Waals surface area contributed by atoms with Crippen molar-refractivity contribution in [2.75, 3.05) is 6.54 Å². The first-order valence-electron chi connectivity index (χ1n) is 12.0. The molecule has 1 N–H and O–H groups in total. The summed E-state index contributed by atoms with van der Waals surface area (Å²) in [5, 5.41) is 3.06. The van der Waals surface area contributed by atoms with Gasteiger partial charge < -0.3 is 9.88 Å². The van der Waals surface area contributed by atoms with Crippen molar-refractivity contribution in [3.05, 3.63) is 66.0 Å². The van der Waals surface area contributed by atoms with Crippen LogP contribution >= 0.6 is 0 Å². The van der Waals surface area contributed by atoms with E-state index in [0.29, 0.717) is 13.0 Å². The van der Waals surface area contributed by atoms with Gasteiger partial charge in [-0.25, -0.2) is 4.98 Å². The van der Waals surface area contributed by atoms with Crippen LogP contribution in [0.25, 0.3) is 11.0 Å². The molecule has 166 valence electrons. The highest BCUT2D eigenvalue weighted by Gasteiger charge is 2.10. The number of nitrogens with one attached hydrogen (secondary N) is 1. The fraction of sp³-hybridized carbons (Fsp3) is 0.481. The van der Waals surface area contributed by atoms with E-state index in [-0.39, 0.29) is 5.91 Å². The first-order valence-corrected chi connectivity index (χ1v) is 12.0. The largest absolute Gasteiger partial charge is 0.356 e. The maximum atomic E-state index is 12.2. The molecule has 0 bridgehead atoms. The molecule has 0 radical (unpaired) electrons. The summed E-state index contributed by atoms with van der Waals surface area (Å²) in [4.78, 5) is 17.1. The molecular formula is C27H37N3O.